The fourth-order valence-corrected chi connectivity index (χ4v) is 4.72. The first-order valence-corrected chi connectivity index (χ1v) is 6.75. The van der Waals surface area contributed by atoms with Gasteiger partial charge in [-0.15, -0.1) is 6.58 Å². The lowest BCUT2D eigenvalue weighted by Gasteiger charge is -2.15. The lowest BCUT2D eigenvalue weighted by atomic mass is 10.7. The van der Waals surface area contributed by atoms with Gasteiger partial charge in [-0.05, 0) is 0 Å². The van der Waals surface area contributed by atoms with Crippen LogP contribution in [0, 0.1) is 0 Å². The van der Waals surface area contributed by atoms with Gasteiger partial charge in [0, 0.05) is 9.83 Å². The lowest BCUT2D eigenvalue weighted by molar-refractivity contribution is 0.318. The zero-order valence-corrected chi connectivity index (χ0v) is 8.23. The van der Waals surface area contributed by atoms with E-state index in [0.717, 1.165) is 0 Å². The van der Waals surface area contributed by atoms with Gasteiger partial charge >= 0.3 is 8.60 Å². The molecule has 1 saturated heterocycles. The quantitative estimate of drug-likeness (QED) is 0.311. The van der Waals surface area contributed by atoms with Crippen LogP contribution in [0.15, 0.2) is 12.7 Å². The van der Waals surface area contributed by atoms with Crippen molar-refractivity contribution in [1.82, 2.24) is 0 Å². The molecule has 10 heavy (non-hydrogen) atoms. The van der Waals surface area contributed by atoms with Gasteiger partial charge in [0.25, 0.3) is 0 Å². The van der Waals surface area contributed by atoms with Crippen LogP contribution in [0.1, 0.15) is 0 Å². The van der Waals surface area contributed by atoms with E-state index in [1.54, 1.807) is 6.08 Å². The highest BCUT2D eigenvalue weighted by Gasteiger charge is 2.19. The molecule has 0 saturated carbocycles. The minimum Gasteiger partial charge on any atom is -0.307 e. The Morgan fingerprint density at radius 2 is 2.20 bits per heavy atom. The third-order valence-corrected chi connectivity index (χ3v) is 4.90. The van der Waals surface area contributed by atoms with Crippen LogP contribution in [0.2, 0.25) is 0 Å². The van der Waals surface area contributed by atoms with E-state index in [2.05, 4.69) is 6.58 Å². The summed E-state index contributed by atoms with van der Waals surface area (Å²) in [6.45, 7) is 3.97. The van der Waals surface area contributed by atoms with E-state index in [9.17, 15) is 0 Å². The zero-order valence-electron chi connectivity index (χ0n) is 4.89. The molecule has 0 N–H and O–H groups in total. The molecule has 0 aromatic carbocycles. The van der Waals surface area contributed by atoms with Crippen LogP contribution >= 0.6 is 40.6 Å². The molecule has 7 heteroatoms. The average molecular weight is 216 g/mol. The van der Waals surface area contributed by atoms with E-state index < -0.39 is 8.60 Å². The second kappa shape index (κ2) is 5.71. The smallest absolute Gasteiger partial charge is 0.307 e. The Hall–Kier alpha value is 1.10. The fraction of sp³-hybridized carbons (Fsp3) is 0.333. The third kappa shape index (κ3) is 3.48. The maximum atomic E-state index is 5.08. The molecule has 0 bridgehead atoms. The van der Waals surface area contributed by atoms with Gasteiger partial charge in [0.15, 0.2) is 0 Å². The molecule has 0 aliphatic carbocycles. The van der Waals surface area contributed by atoms with E-state index in [-0.39, 0.29) is 0 Å². The molecule has 3 nitrogen and oxygen atoms in total. The Morgan fingerprint density at radius 1 is 1.50 bits per heavy atom. The number of hydrogen-bond acceptors (Lipinski definition) is 6. The van der Waals surface area contributed by atoms with Crippen molar-refractivity contribution in [1.29, 1.82) is 0 Å². The van der Waals surface area contributed by atoms with E-state index in [0.29, 0.717) is 6.61 Å². The molecule has 1 rings (SSSR count). The minimum atomic E-state index is -1.14. The van der Waals surface area contributed by atoms with Crippen LogP contribution < -0.4 is 0 Å². The molecule has 1 aliphatic rings. The summed E-state index contributed by atoms with van der Waals surface area (Å²) in [5.74, 6) is 0. The second-order valence-electron chi connectivity index (χ2n) is 1.16. The highest BCUT2D eigenvalue weighted by molar-refractivity contribution is 9.08. The van der Waals surface area contributed by atoms with Gasteiger partial charge in [0.1, 0.15) is 0 Å². The first kappa shape index (κ1) is 9.19. The topological polar surface area (TPSA) is 27.7 Å². The first-order chi connectivity index (χ1) is 4.93. The third-order valence-electron chi connectivity index (χ3n) is 0.536. The van der Waals surface area contributed by atoms with Crippen molar-refractivity contribution < 1.29 is 12.5 Å². The van der Waals surface area contributed by atoms with Crippen LogP contribution in [-0.4, -0.2) is 6.61 Å². The van der Waals surface area contributed by atoms with Gasteiger partial charge in [0.05, 0.1) is 28.8 Å². The Balaban J connectivity index is 2.07. The molecule has 0 unspecified atom stereocenters. The summed E-state index contributed by atoms with van der Waals surface area (Å²) in [7, 11) is 0.288. The maximum absolute atomic E-state index is 5.08. The number of rotatable bonds is 3. The molecule has 58 valence electrons. The predicted octanol–water partition coefficient (Wildman–Crippen LogP) is 3.32. The van der Waals surface area contributed by atoms with Crippen molar-refractivity contribution >= 4 is 40.6 Å². The molecular formula is C3H5O3PS3. The fourth-order valence-electron chi connectivity index (χ4n) is 0.255. The van der Waals surface area contributed by atoms with Gasteiger partial charge in [-0.3, -0.25) is 0 Å². The summed E-state index contributed by atoms with van der Waals surface area (Å²) >= 11 is 2.56. The van der Waals surface area contributed by atoms with Crippen molar-refractivity contribution in [2.24, 2.45) is 0 Å². The summed E-state index contributed by atoms with van der Waals surface area (Å²) in [6, 6.07) is 0. The van der Waals surface area contributed by atoms with Crippen LogP contribution in [0.3, 0.4) is 0 Å². The first-order valence-electron chi connectivity index (χ1n) is 2.32. The SMILES string of the molecule is C=CCOP1OSSSO1. The van der Waals surface area contributed by atoms with Gasteiger partial charge in [0.2, 0.25) is 0 Å². The lowest BCUT2D eigenvalue weighted by Crippen LogP contribution is -1.87. The largest absolute Gasteiger partial charge is 0.359 e. The van der Waals surface area contributed by atoms with Crippen molar-refractivity contribution in [3.05, 3.63) is 12.7 Å². The molecule has 0 radical (unpaired) electrons. The molecule has 1 aliphatic heterocycles. The van der Waals surface area contributed by atoms with Crippen molar-refractivity contribution in [3.63, 3.8) is 0 Å². The summed E-state index contributed by atoms with van der Waals surface area (Å²) in [5.41, 5.74) is 0. The summed E-state index contributed by atoms with van der Waals surface area (Å²) in [6.07, 6.45) is 1.66. The summed E-state index contributed by atoms with van der Waals surface area (Å²) < 4.78 is 15.1. The normalized spacial score (nSPS) is 20.8. The van der Waals surface area contributed by atoms with Crippen molar-refractivity contribution in [3.8, 4) is 0 Å². The van der Waals surface area contributed by atoms with Crippen molar-refractivity contribution in [2.75, 3.05) is 6.61 Å². The van der Waals surface area contributed by atoms with Gasteiger partial charge in [-0.2, -0.15) is 0 Å². The Kier molecular flexibility index (Phi) is 5.25. The van der Waals surface area contributed by atoms with Crippen LogP contribution in [-0.2, 0) is 12.5 Å². The van der Waals surface area contributed by atoms with Gasteiger partial charge < -0.3 is 4.52 Å². The molecule has 1 heterocycles. The second-order valence-corrected chi connectivity index (χ2v) is 5.92. The van der Waals surface area contributed by atoms with E-state index in [1.165, 1.54) is 32.0 Å². The Bertz CT molecular complexity index is 107. The molecule has 0 aromatic rings. The summed E-state index contributed by atoms with van der Waals surface area (Å²) in [5, 5.41) is 0. The molecule has 0 aromatic heterocycles. The summed E-state index contributed by atoms with van der Waals surface area (Å²) in [4.78, 5) is 0. The molecule has 0 amide bonds. The molecule has 0 spiro atoms. The predicted molar refractivity (Wildman–Crippen MR) is 48.0 cm³/mol. The highest BCUT2D eigenvalue weighted by Crippen LogP contribution is 2.59. The van der Waals surface area contributed by atoms with Crippen molar-refractivity contribution in [2.45, 2.75) is 0 Å². The number of hydrogen-bond donors (Lipinski definition) is 0. The van der Waals surface area contributed by atoms with Crippen LogP contribution in [0.25, 0.3) is 0 Å². The molecule has 1 fully saturated rings. The monoisotopic (exact) mass is 216 g/mol. The molecular weight excluding hydrogens is 211 g/mol. The van der Waals surface area contributed by atoms with Gasteiger partial charge in [-0.1, -0.05) is 6.08 Å². The Labute approximate surface area is 72.5 Å². The zero-order chi connectivity index (χ0) is 7.23. The standard InChI is InChI=1S/C3H5O3PS3/c1-2-3-4-7-5-8-10-9-6-7/h2H,1,3H2. The highest BCUT2D eigenvalue weighted by atomic mass is 33.5. The Morgan fingerprint density at radius 3 is 2.80 bits per heavy atom. The van der Waals surface area contributed by atoms with E-state index >= 15 is 0 Å². The van der Waals surface area contributed by atoms with Crippen LogP contribution in [0.5, 0.6) is 0 Å². The minimum absolute atomic E-state index is 0.470. The van der Waals surface area contributed by atoms with E-state index in [4.69, 9.17) is 12.5 Å². The maximum Gasteiger partial charge on any atom is 0.359 e. The van der Waals surface area contributed by atoms with E-state index in [1.807, 2.05) is 0 Å². The molecule has 0 atom stereocenters. The average Bonchev–Trinajstić information content (AvgIpc) is 2.03. The van der Waals surface area contributed by atoms with Crippen LogP contribution in [0.4, 0.5) is 0 Å². The van der Waals surface area contributed by atoms with Gasteiger partial charge in [-0.25, -0.2) is 7.94 Å².